The predicted molar refractivity (Wildman–Crippen MR) is 102 cm³/mol. The molecule has 0 aliphatic carbocycles. The van der Waals surface area contributed by atoms with Crippen molar-refractivity contribution < 1.29 is 14.3 Å². The summed E-state index contributed by atoms with van der Waals surface area (Å²) in [7, 11) is 0. The summed E-state index contributed by atoms with van der Waals surface area (Å²) in [6.07, 6.45) is 3.15. The highest BCUT2D eigenvalue weighted by Gasteiger charge is 2.32. The summed E-state index contributed by atoms with van der Waals surface area (Å²) in [6.45, 7) is 8.30. The monoisotopic (exact) mass is 374 g/mol. The molecule has 27 heavy (non-hydrogen) atoms. The summed E-state index contributed by atoms with van der Waals surface area (Å²) in [5.74, 6) is 0.969. The SMILES string of the molecule is CC(=O)Nc1cnc2ccc(NC[C@@H]3CCCN3C(=O)OC(C)(C)C)nn12. The summed E-state index contributed by atoms with van der Waals surface area (Å²) in [6, 6.07) is 3.70. The Morgan fingerprint density at radius 3 is 2.81 bits per heavy atom. The summed E-state index contributed by atoms with van der Waals surface area (Å²) in [5, 5.41) is 10.4. The molecule has 0 unspecified atom stereocenters. The molecule has 0 aromatic carbocycles. The van der Waals surface area contributed by atoms with Crippen molar-refractivity contribution in [1.29, 1.82) is 0 Å². The molecule has 2 aromatic heterocycles. The number of fused-ring (bicyclic) bond motifs is 1. The van der Waals surface area contributed by atoms with E-state index in [0.717, 1.165) is 12.8 Å². The Kier molecular flexibility index (Phi) is 5.20. The topological polar surface area (TPSA) is 101 Å². The maximum Gasteiger partial charge on any atom is 0.410 e. The van der Waals surface area contributed by atoms with Gasteiger partial charge < -0.3 is 20.3 Å². The van der Waals surface area contributed by atoms with Gasteiger partial charge in [-0.05, 0) is 45.7 Å². The Balaban J connectivity index is 1.67. The maximum atomic E-state index is 12.4. The van der Waals surface area contributed by atoms with E-state index in [0.29, 0.717) is 30.4 Å². The molecular formula is C18H26N6O3. The van der Waals surface area contributed by atoms with Crippen LogP contribution in [0.15, 0.2) is 18.3 Å². The van der Waals surface area contributed by atoms with Gasteiger partial charge in [0.15, 0.2) is 11.5 Å². The minimum Gasteiger partial charge on any atom is -0.444 e. The number of anilines is 2. The van der Waals surface area contributed by atoms with E-state index >= 15 is 0 Å². The fourth-order valence-electron chi connectivity index (χ4n) is 3.06. The minimum absolute atomic E-state index is 0.0509. The molecule has 0 bridgehead atoms. The highest BCUT2D eigenvalue weighted by molar-refractivity contribution is 5.88. The minimum atomic E-state index is -0.508. The molecular weight excluding hydrogens is 348 g/mol. The van der Waals surface area contributed by atoms with Crippen molar-refractivity contribution in [2.24, 2.45) is 0 Å². The molecule has 9 nitrogen and oxygen atoms in total. The number of nitrogens with zero attached hydrogens (tertiary/aromatic N) is 4. The number of carbonyl (C=O) groups excluding carboxylic acids is 2. The summed E-state index contributed by atoms with van der Waals surface area (Å²) in [4.78, 5) is 29.7. The lowest BCUT2D eigenvalue weighted by Gasteiger charge is -2.28. The molecule has 146 valence electrons. The smallest absolute Gasteiger partial charge is 0.410 e. The second kappa shape index (κ2) is 7.42. The molecule has 3 heterocycles. The first kappa shape index (κ1) is 18.9. The second-order valence-electron chi connectivity index (χ2n) is 7.66. The van der Waals surface area contributed by atoms with Crippen LogP contribution in [0.1, 0.15) is 40.5 Å². The zero-order valence-corrected chi connectivity index (χ0v) is 16.2. The van der Waals surface area contributed by atoms with Gasteiger partial charge in [-0.3, -0.25) is 4.79 Å². The van der Waals surface area contributed by atoms with Crippen molar-refractivity contribution in [3.05, 3.63) is 18.3 Å². The molecule has 2 aromatic rings. The summed E-state index contributed by atoms with van der Waals surface area (Å²) in [5.41, 5.74) is 0.131. The lowest BCUT2D eigenvalue weighted by Crippen LogP contribution is -2.42. The molecule has 0 saturated carbocycles. The molecule has 3 rings (SSSR count). The van der Waals surface area contributed by atoms with Crippen LogP contribution in [0.4, 0.5) is 16.4 Å². The number of aromatic nitrogens is 3. The number of likely N-dealkylation sites (tertiary alicyclic amines) is 1. The first-order chi connectivity index (χ1) is 12.7. The van der Waals surface area contributed by atoms with Gasteiger partial charge in [-0.2, -0.15) is 4.52 Å². The first-order valence-corrected chi connectivity index (χ1v) is 9.09. The van der Waals surface area contributed by atoms with Gasteiger partial charge >= 0.3 is 6.09 Å². The van der Waals surface area contributed by atoms with E-state index in [9.17, 15) is 9.59 Å². The largest absolute Gasteiger partial charge is 0.444 e. The molecule has 0 radical (unpaired) electrons. The molecule has 1 aliphatic heterocycles. The molecule has 1 aliphatic rings. The van der Waals surface area contributed by atoms with Crippen LogP contribution in [-0.2, 0) is 9.53 Å². The third-order valence-corrected chi connectivity index (χ3v) is 4.19. The van der Waals surface area contributed by atoms with Gasteiger partial charge in [-0.25, -0.2) is 9.78 Å². The van der Waals surface area contributed by atoms with Crippen LogP contribution in [-0.4, -0.2) is 56.2 Å². The Labute approximate surface area is 158 Å². The number of nitrogens with one attached hydrogen (secondary N) is 2. The number of ether oxygens (including phenoxy) is 1. The molecule has 0 spiro atoms. The van der Waals surface area contributed by atoms with Crippen LogP contribution >= 0.6 is 0 Å². The van der Waals surface area contributed by atoms with Gasteiger partial charge in [0.05, 0.1) is 12.2 Å². The average Bonchev–Trinajstić information content (AvgIpc) is 3.18. The molecule has 1 saturated heterocycles. The fourth-order valence-corrected chi connectivity index (χ4v) is 3.06. The standard InChI is InChI=1S/C18H26N6O3/c1-12(25)21-16-11-20-15-8-7-14(22-24(15)16)19-10-13-6-5-9-23(13)17(26)27-18(2,3)4/h7-8,11,13H,5-6,9-10H2,1-4H3,(H,19,22)(H,21,25)/t13-/m0/s1. The molecule has 1 atom stereocenters. The van der Waals surface area contributed by atoms with E-state index in [1.54, 1.807) is 15.6 Å². The van der Waals surface area contributed by atoms with Crippen LogP contribution in [0, 0.1) is 0 Å². The van der Waals surface area contributed by atoms with Crippen LogP contribution in [0.25, 0.3) is 5.65 Å². The van der Waals surface area contributed by atoms with E-state index in [-0.39, 0.29) is 18.0 Å². The number of rotatable bonds is 4. The Hall–Kier alpha value is -2.84. The van der Waals surface area contributed by atoms with Gasteiger partial charge in [-0.1, -0.05) is 0 Å². The number of hydrogen-bond donors (Lipinski definition) is 2. The van der Waals surface area contributed by atoms with E-state index in [1.165, 1.54) is 6.92 Å². The number of hydrogen-bond acceptors (Lipinski definition) is 6. The predicted octanol–water partition coefficient (Wildman–Crippen LogP) is 2.50. The van der Waals surface area contributed by atoms with Gasteiger partial charge in [-0.15, -0.1) is 5.10 Å². The van der Waals surface area contributed by atoms with Gasteiger partial charge in [0.1, 0.15) is 11.4 Å². The number of amides is 2. The normalized spacial score (nSPS) is 17.2. The van der Waals surface area contributed by atoms with Gasteiger partial charge in [0.25, 0.3) is 0 Å². The van der Waals surface area contributed by atoms with Crippen LogP contribution in [0.5, 0.6) is 0 Å². The molecule has 9 heteroatoms. The maximum absolute atomic E-state index is 12.4. The van der Waals surface area contributed by atoms with Crippen molar-refractivity contribution in [3.63, 3.8) is 0 Å². The van der Waals surface area contributed by atoms with E-state index in [2.05, 4.69) is 20.7 Å². The van der Waals surface area contributed by atoms with Crippen molar-refractivity contribution in [1.82, 2.24) is 19.5 Å². The molecule has 1 fully saturated rings. The van der Waals surface area contributed by atoms with Crippen LogP contribution in [0.3, 0.4) is 0 Å². The third kappa shape index (κ3) is 4.66. The lowest BCUT2D eigenvalue weighted by molar-refractivity contribution is -0.114. The van der Waals surface area contributed by atoms with Gasteiger partial charge in [0, 0.05) is 20.0 Å². The highest BCUT2D eigenvalue weighted by atomic mass is 16.6. The zero-order valence-electron chi connectivity index (χ0n) is 16.2. The van der Waals surface area contributed by atoms with Crippen LogP contribution < -0.4 is 10.6 Å². The number of imidazole rings is 1. The zero-order chi connectivity index (χ0) is 19.6. The Morgan fingerprint density at radius 1 is 1.33 bits per heavy atom. The summed E-state index contributed by atoms with van der Waals surface area (Å²) >= 11 is 0. The highest BCUT2D eigenvalue weighted by Crippen LogP contribution is 2.21. The van der Waals surface area contributed by atoms with Crippen LogP contribution in [0.2, 0.25) is 0 Å². The Bertz CT molecular complexity index is 841. The van der Waals surface area contributed by atoms with Gasteiger partial charge in [0.2, 0.25) is 5.91 Å². The quantitative estimate of drug-likeness (QED) is 0.853. The molecule has 2 amide bonds. The molecule has 2 N–H and O–H groups in total. The first-order valence-electron chi connectivity index (χ1n) is 9.09. The van der Waals surface area contributed by atoms with Crippen molar-refractivity contribution in [2.75, 3.05) is 23.7 Å². The fraction of sp³-hybridized carbons (Fsp3) is 0.556. The summed E-state index contributed by atoms with van der Waals surface area (Å²) < 4.78 is 7.07. The third-order valence-electron chi connectivity index (χ3n) is 4.19. The van der Waals surface area contributed by atoms with E-state index in [1.807, 2.05) is 32.9 Å². The lowest BCUT2D eigenvalue weighted by atomic mass is 10.2. The average molecular weight is 374 g/mol. The van der Waals surface area contributed by atoms with E-state index in [4.69, 9.17) is 4.74 Å². The number of carbonyl (C=O) groups is 2. The Morgan fingerprint density at radius 2 is 2.11 bits per heavy atom. The van der Waals surface area contributed by atoms with E-state index < -0.39 is 5.60 Å². The van der Waals surface area contributed by atoms with Crippen molar-refractivity contribution >= 4 is 29.3 Å². The second-order valence-corrected chi connectivity index (χ2v) is 7.66. The van der Waals surface area contributed by atoms with Crippen molar-refractivity contribution in [3.8, 4) is 0 Å². The van der Waals surface area contributed by atoms with Crippen molar-refractivity contribution in [2.45, 2.75) is 52.2 Å².